The van der Waals surface area contributed by atoms with Crippen LogP contribution in [0.15, 0.2) is 18.2 Å². The molecule has 0 bridgehead atoms. The fourth-order valence-corrected chi connectivity index (χ4v) is 2.33. The fourth-order valence-electron chi connectivity index (χ4n) is 2.33. The Morgan fingerprint density at radius 1 is 1.12 bits per heavy atom. The van der Waals surface area contributed by atoms with Gasteiger partial charge in [0.1, 0.15) is 0 Å². The highest BCUT2D eigenvalue weighted by atomic mass is 16.1. The normalized spacial score (nSPS) is 16.6. The van der Waals surface area contributed by atoms with Crippen molar-refractivity contribution in [3.05, 3.63) is 23.8 Å². The molecule has 0 aromatic heterocycles. The minimum absolute atomic E-state index is 0.385. The van der Waals surface area contributed by atoms with Crippen LogP contribution in [-0.2, 0) is 0 Å². The Morgan fingerprint density at radius 2 is 1.76 bits per heavy atom. The van der Waals surface area contributed by atoms with Gasteiger partial charge in [-0.05, 0) is 31.0 Å². The summed E-state index contributed by atoms with van der Waals surface area (Å²) in [7, 11) is 0. The van der Waals surface area contributed by atoms with E-state index in [1.54, 1.807) is 12.1 Å². The van der Waals surface area contributed by atoms with E-state index in [4.69, 9.17) is 11.5 Å². The summed E-state index contributed by atoms with van der Waals surface area (Å²) < 4.78 is 0. The van der Waals surface area contributed by atoms with Crippen LogP contribution in [-0.4, -0.2) is 19.0 Å². The van der Waals surface area contributed by atoms with Gasteiger partial charge in [-0.2, -0.15) is 0 Å². The molecule has 1 aromatic carbocycles. The molecule has 2 rings (SSSR count). The first-order valence-electron chi connectivity index (χ1n) is 6.13. The molecule has 17 heavy (non-hydrogen) atoms. The van der Waals surface area contributed by atoms with E-state index in [9.17, 15) is 4.79 Å². The third-order valence-electron chi connectivity index (χ3n) is 3.23. The van der Waals surface area contributed by atoms with Gasteiger partial charge in [-0.15, -0.1) is 0 Å². The van der Waals surface area contributed by atoms with Crippen LogP contribution < -0.4 is 16.4 Å². The molecule has 4 heteroatoms. The molecule has 1 aliphatic rings. The Morgan fingerprint density at radius 3 is 2.35 bits per heavy atom. The van der Waals surface area contributed by atoms with E-state index in [0.717, 1.165) is 31.6 Å². The van der Waals surface area contributed by atoms with Gasteiger partial charge in [-0.3, -0.25) is 4.79 Å². The standard InChI is InChI=1S/C13H19N3O/c14-10-5-6-11(13(15)17)12(9-10)16-7-3-1-2-4-8-16/h5-6,9H,1-4,7-8,14H2,(H2,15,17). The van der Waals surface area contributed by atoms with E-state index in [1.807, 2.05) is 6.07 Å². The number of nitrogens with two attached hydrogens (primary N) is 2. The maximum absolute atomic E-state index is 11.4. The number of amides is 1. The van der Waals surface area contributed by atoms with Crippen LogP contribution >= 0.6 is 0 Å². The van der Waals surface area contributed by atoms with Gasteiger partial charge in [0.2, 0.25) is 0 Å². The van der Waals surface area contributed by atoms with E-state index >= 15 is 0 Å². The molecule has 0 spiro atoms. The van der Waals surface area contributed by atoms with Gasteiger partial charge in [0, 0.05) is 18.8 Å². The maximum Gasteiger partial charge on any atom is 0.250 e. The number of benzene rings is 1. The summed E-state index contributed by atoms with van der Waals surface area (Å²) in [5.41, 5.74) is 13.3. The third kappa shape index (κ3) is 2.70. The second-order valence-electron chi connectivity index (χ2n) is 4.54. The van der Waals surface area contributed by atoms with Crippen LogP contribution in [0, 0.1) is 0 Å². The SMILES string of the molecule is NC(=O)c1ccc(N)cc1N1CCCCCC1. The number of nitrogens with zero attached hydrogens (tertiary/aromatic N) is 1. The number of hydrogen-bond acceptors (Lipinski definition) is 3. The Labute approximate surface area is 102 Å². The molecule has 4 N–H and O–H groups in total. The molecule has 1 aromatic rings. The number of primary amides is 1. The summed E-state index contributed by atoms with van der Waals surface area (Å²) >= 11 is 0. The first-order valence-corrected chi connectivity index (χ1v) is 6.13. The number of carbonyl (C=O) groups is 1. The first-order chi connectivity index (χ1) is 8.18. The molecule has 1 amide bonds. The quantitative estimate of drug-likeness (QED) is 0.764. The van der Waals surface area contributed by atoms with E-state index in [-0.39, 0.29) is 5.91 Å². The molecule has 0 saturated carbocycles. The second kappa shape index (κ2) is 5.08. The van der Waals surface area contributed by atoms with Crippen LogP contribution in [0.3, 0.4) is 0 Å². The van der Waals surface area contributed by atoms with Crippen molar-refractivity contribution in [1.82, 2.24) is 0 Å². The Balaban J connectivity index is 2.34. The molecule has 0 atom stereocenters. The Hall–Kier alpha value is -1.71. The van der Waals surface area contributed by atoms with E-state index in [0.29, 0.717) is 11.3 Å². The predicted octanol–water partition coefficient (Wildman–Crippen LogP) is 1.75. The van der Waals surface area contributed by atoms with Gasteiger partial charge in [0.15, 0.2) is 0 Å². The molecular formula is C13H19N3O. The zero-order valence-electron chi connectivity index (χ0n) is 9.98. The zero-order chi connectivity index (χ0) is 12.3. The van der Waals surface area contributed by atoms with Crippen molar-refractivity contribution in [1.29, 1.82) is 0 Å². The van der Waals surface area contributed by atoms with Crippen molar-refractivity contribution >= 4 is 17.3 Å². The van der Waals surface area contributed by atoms with Gasteiger partial charge >= 0.3 is 0 Å². The highest BCUT2D eigenvalue weighted by Gasteiger charge is 2.16. The summed E-state index contributed by atoms with van der Waals surface area (Å²) in [5.74, 6) is -0.385. The summed E-state index contributed by atoms with van der Waals surface area (Å²) in [6.07, 6.45) is 4.83. The molecule has 1 aliphatic heterocycles. The van der Waals surface area contributed by atoms with Crippen molar-refractivity contribution in [3.8, 4) is 0 Å². The predicted molar refractivity (Wildman–Crippen MR) is 70.1 cm³/mol. The highest BCUT2D eigenvalue weighted by Crippen LogP contribution is 2.25. The van der Waals surface area contributed by atoms with Crippen molar-refractivity contribution in [2.75, 3.05) is 23.7 Å². The van der Waals surface area contributed by atoms with Crippen LogP contribution in [0.5, 0.6) is 0 Å². The number of anilines is 2. The smallest absolute Gasteiger partial charge is 0.250 e. The van der Waals surface area contributed by atoms with Gasteiger partial charge < -0.3 is 16.4 Å². The average molecular weight is 233 g/mol. The highest BCUT2D eigenvalue weighted by molar-refractivity contribution is 5.99. The van der Waals surface area contributed by atoms with Crippen LogP contribution in [0.2, 0.25) is 0 Å². The average Bonchev–Trinajstić information content (AvgIpc) is 2.56. The number of nitrogen functional groups attached to an aromatic ring is 1. The zero-order valence-corrected chi connectivity index (χ0v) is 9.98. The van der Waals surface area contributed by atoms with Crippen molar-refractivity contribution in [2.24, 2.45) is 5.73 Å². The summed E-state index contributed by atoms with van der Waals surface area (Å²) in [6, 6.07) is 5.30. The van der Waals surface area contributed by atoms with Crippen LogP contribution in [0.1, 0.15) is 36.0 Å². The molecule has 92 valence electrons. The first kappa shape index (κ1) is 11.8. The molecule has 0 aliphatic carbocycles. The van der Waals surface area contributed by atoms with Gasteiger partial charge in [-0.25, -0.2) is 0 Å². The monoisotopic (exact) mass is 233 g/mol. The molecule has 4 nitrogen and oxygen atoms in total. The molecule has 0 radical (unpaired) electrons. The maximum atomic E-state index is 11.4. The number of carbonyl (C=O) groups excluding carboxylic acids is 1. The third-order valence-corrected chi connectivity index (χ3v) is 3.23. The summed E-state index contributed by atoms with van der Waals surface area (Å²) in [6.45, 7) is 1.95. The number of hydrogen-bond donors (Lipinski definition) is 2. The number of rotatable bonds is 2. The summed E-state index contributed by atoms with van der Waals surface area (Å²) in [4.78, 5) is 13.6. The van der Waals surface area contributed by atoms with Gasteiger partial charge in [0.05, 0.1) is 11.3 Å². The van der Waals surface area contributed by atoms with E-state index in [1.165, 1.54) is 12.8 Å². The van der Waals surface area contributed by atoms with Gasteiger partial charge in [0.25, 0.3) is 5.91 Å². The van der Waals surface area contributed by atoms with Crippen molar-refractivity contribution < 1.29 is 4.79 Å². The van der Waals surface area contributed by atoms with Crippen LogP contribution in [0.4, 0.5) is 11.4 Å². The lowest BCUT2D eigenvalue weighted by molar-refractivity contribution is 0.100. The molecule has 0 unspecified atom stereocenters. The van der Waals surface area contributed by atoms with E-state index in [2.05, 4.69) is 4.90 Å². The lowest BCUT2D eigenvalue weighted by Gasteiger charge is -2.24. The van der Waals surface area contributed by atoms with Gasteiger partial charge in [-0.1, -0.05) is 12.8 Å². The fraction of sp³-hybridized carbons (Fsp3) is 0.462. The van der Waals surface area contributed by atoms with E-state index < -0.39 is 0 Å². The Kier molecular flexibility index (Phi) is 3.52. The molecule has 1 fully saturated rings. The topological polar surface area (TPSA) is 72.3 Å². The minimum atomic E-state index is -0.385. The largest absolute Gasteiger partial charge is 0.399 e. The van der Waals surface area contributed by atoms with Crippen molar-refractivity contribution in [2.45, 2.75) is 25.7 Å². The molecule has 1 heterocycles. The summed E-state index contributed by atoms with van der Waals surface area (Å²) in [5, 5.41) is 0. The molecule has 1 saturated heterocycles. The lowest BCUT2D eigenvalue weighted by atomic mass is 10.1. The second-order valence-corrected chi connectivity index (χ2v) is 4.54. The van der Waals surface area contributed by atoms with Crippen molar-refractivity contribution in [3.63, 3.8) is 0 Å². The minimum Gasteiger partial charge on any atom is -0.399 e. The lowest BCUT2D eigenvalue weighted by Crippen LogP contribution is -2.27. The molecular weight excluding hydrogens is 214 g/mol. The Bertz CT molecular complexity index is 409. The van der Waals surface area contributed by atoms with Crippen LogP contribution in [0.25, 0.3) is 0 Å².